The van der Waals surface area contributed by atoms with E-state index in [4.69, 9.17) is 21.3 Å². The van der Waals surface area contributed by atoms with E-state index in [0.29, 0.717) is 42.3 Å². The summed E-state index contributed by atoms with van der Waals surface area (Å²) in [5.74, 6) is 0.0418. The van der Waals surface area contributed by atoms with Crippen LogP contribution in [0.25, 0.3) is 16.9 Å². The standard InChI is InChI=1S/C25H23BrClN5O4S/c1-36-25(33)18-7-3-5-9-22(18)37(34,35)31-12-10-16(11-13-31)29-23-14-21(17-6-2-4-8-20(17)27)30-24-19(26)15-28-32(23)24/h2-9,14-16,29H,10-13H2,1H3. The maximum absolute atomic E-state index is 13.4. The van der Waals surface area contributed by atoms with E-state index in [-0.39, 0.29) is 16.5 Å². The number of carbonyl (C=O) groups is 1. The molecule has 9 nitrogen and oxygen atoms in total. The predicted molar refractivity (Wildman–Crippen MR) is 144 cm³/mol. The van der Waals surface area contributed by atoms with Crippen molar-refractivity contribution in [3.05, 3.63) is 75.9 Å². The molecule has 0 radical (unpaired) electrons. The van der Waals surface area contributed by atoms with Crippen LogP contribution in [-0.4, -0.2) is 59.5 Å². The van der Waals surface area contributed by atoms with Gasteiger partial charge < -0.3 is 10.1 Å². The molecule has 192 valence electrons. The van der Waals surface area contributed by atoms with Gasteiger partial charge in [-0.15, -0.1) is 0 Å². The highest BCUT2D eigenvalue weighted by atomic mass is 79.9. The van der Waals surface area contributed by atoms with Crippen LogP contribution in [-0.2, 0) is 14.8 Å². The predicted octanol–water partition coefficient (Wildman–Crippen LogP) is 4.86. The molecule has 0 unspecified atom stereocenters. The number of rotatable bonds is 6. The largest absolute Gasteiger partial charge is 0.465 e. The smallest absolute Gasteiger partial charge is 0.339 e. The van der Waals surface area contributed by atoms with E-state index in [0.717, 1.165) is 15.9 Å². The molecule has 0 atom stereocenters. The van der Waals surface area contributed by atoms with Crippen LogP contribution in [0.3, 0.4) is 0 Å². The van der Waals surface area contributed by atoms with Gasteiger partial charge in [-0.05, 0) is 47.0 Å². The molecule has 2 aromatic heterocycles. The van der Waals surface area contributed by atoms with Gasteiger partial charge in [-0.3, -0.25) is 0 Å². The Labute approximate surface area is 227 Å². The van der Waals surface area contributed by atoms with Crippen LogP contribution < -0.4 is 5.32 Å². The van der Waals surface area contributed by atoms with E-state index >= 15 is 0 Å². The second-order valence-electron chi connectivity index (χ2n) is 8.54. The topological polar surface area (TPSA) is 106 Å². The average Bonchev–Trinajstić information content (AvgIpc) is 3.29. The maximum atomic E-state index is 13.4. The van der Waals surface area contributed by atoms with Crippen molar-refractivity contribution in [2.45, 2.75) is 23.8 Å². The van der Waals surface area contributed by atoms with Crippen LogP contribution in [0.1, 0.15) is 23.2 Å². The maximum Gasteiger partial charge on any atom is 0.339 e. The molecule has 4 aromatic rings. The summed E-state index contributed by atoms with van der Waals surface area (Å²) in [6.07, 6.45) is 2.80. The third kappa shape index (κ3) is 4.96. The van der Waals surface area contributed by atoms with Crippen LogP contribution in [0.5, 0.6) is 0 Å². The monoisotopic (exact) mass is 603 g/mol. The summed E-state index contributed by atoms with van der Waals surface area (Å²) in [5, 5.41) is 8.54. The molecule has 0 amide bonds. The lowest BCUT2D eigenvalue weighted by Crippen LogP contribution is -2.42. The number of esters is 1. The second-order valence-corrected chi connectivity index (χ2v) is 11.7. The van der Waals surface area contributed by atoms with E-state index < -0.39 is 16.0 Å². The molecular formula is C25H23BrClN5O4S. The first-order valence-electron chi connectivity index (χ1n) is 11.5. The molecule has 0 saturated carbocycles. The number of aromatic nitrogens is 3. The van der Waals surface area contributed by atoms with Gasteiger partial charge in [-0.2, -0.15) is 13.9 Å². The molecule has 1 N–H and O–H groups in total. The summed E-state index contributed by atoms with van der Waals surface area (Å²) >= 11 is 9.94. The van der Waals surface area contributed by atoms with Crippen LogP contribution in [0.2, 0.25) is 5.02 Å². The summed E-state index contributed by atoms with van der Waals surface area (Å²) in [4.78, 5) is 16.8. The van der Waals surface area contributed by atoms with E-state index in [9.17, 15) is 13.2 Å². The van der Waals surface area contributed by atoms with Gasteiger partial charge in [0.2, 0.25) is 10.0 Å². The number of ether oxygens (including phenoxy) is 1. The molecule has 3 heterocycles. The van der Waals surface area contributed by atoms with Gasteiger partial charge >= 0.3 is 5.97 Å². The number of nitrogens with one attached hydrogen (secondary N) is 1. The van der Waals surface area contributed by atoms with Gasteiger partial charge in [0.15, 0.2) is 5.65 Å². The Hall–Kier alpha value is -2.99. The summed E-state index contributed by atoms with van der Waals surface area (Å²) in [6.45, 7) is 0.591. The zero-order chi connectivity index (χ0) is 26.2. The number of halogens is 2. The van der Waals surface area contributed by atoms with Gasteiger partial charge in [0.05, 0.1) is 33.9 Å². The molecule has 0 spiro atoms. The second kappa shape index (κ2) is 10.4. The molecule has 1 aliphatic rings. The van der Waals surface area contributed by atoms with Crippen molar-refractivity contribution < 1.29 is 17.9 Å². The Balaban J connectivity index is 1.38. The minimum atomic E-state index is -3.87. The number of hydrogen-bond acceptors (Lipinski definition) is 7. The number of hydrogen-bond donors (Lipinski definition) is 1. The fourth-order valence-electron chi connectivity index (χ4n) is 4.40. The molecule has 0 bridgehead atoms. The average molecular weight is 605 g/mol. The zero-order valence-electron chi connectivity index (χ0n) is 19.8. The summed E-state index contributed by atoms with van der Waals surface area (Å²) in [6, 6.07) is 15.5. The quantitative estimate of drug-likeness (QED) is 0.313. The van der Waals surface area contributed by atoms with Crippen LogP contribution in [0.15, 0.2) is 70.2 Å². The van der Waals surface area contributed by atoms with Crippen molar-refractivity contribution in [1.82, 2.24) is 18.9 Å². The van der Waals surface area contributed by atoms with E-state index in [2.05, 4.69) is 26.3 Å². The zero-order valence-corrected chi connectivity index (χ0v) is 22.9. The van der Waals surface area contributed by atoms with Crippen molar-refractivity contribution in [3.63, 3.8) is 0 Å². The molecule has 5 rings (SSSR count). The molecule has 1 aliphatic heterocycles. The number of sulfonamides is 1. The molecule has 1 fully saturated rings. The van der Waals surface area contributed by atoms with E-state index in [1.165, 1.54) is 23.5 Å². The molecule has 37 heavy (non-hydrogen) atoms. The van der Waals surface area contributed by atoms with Gasteiger partial charge in [0, 0.05) is 35.8 Å². The first kappa shape index (κ1) is 25.7. The number of fused-ring (bicyclic) bond motifs is 1. The van der Waals surface area contributed by atoms with Crippen molar-refractivity contribution in [1.29, 1.82) is 0 Å². The Morgan fingerprint density at radius 3 is 2.57 bits per heavy atom. The Morgan fingerprint density at radius 2 is 1.84 bits per heavy atom. The van der Waals surface area contributed by atoms with E-state index in [1.807, 2.05) is 30.3 Å². The van der Waals surface area contributed by atoms with Gasteiger partial charge in [-0.1, -0.05) is 41.9 Å². The van der Waals surface area contributed by atoms with Crippen LogP contribution >= 0.6 is 27.5 Å². The minimum Gasteiger partial charge on any atom is -0.465 e. The number of carbonyl (C=O) groups excluding carboxylic acids is 1. The number of benzene rings is 2. The minimum absolute atomic E-state index is 0.00466. The molecule has 2 aromatic carbocycles. The lowest BCUT2D eigenvalue weighted by atomic mass is 10.1. The Morgan fingerprint density at radius 1 is 1.14 bits per heavy atom. The van der Waals surface area contributed by atoms with Crippen molar-refractivity contribution in [3.8, 4) is 11.3 Å². The summed E-state index contributed by atoms with van der Waals surface area (Å²) in [7, 11) is -2.64. The Kier molecular flexibility index (Phi) is 7.21. The SMILES string of the molecule is COC(=O)c1ccccc1S(=O)(=O)N1CCC(Nc2cc(-c3ccccc3Cl)nc3c(Br)cnn23)CC1. The number of nitrogens with zero attached hydrogens (tertiary/aromatic N) is 4. The summed E-state index contributed by atoms with van der Waals surface area (Å²) in [5.41, 5.74) is 2.16. The van der Waals surface area contributed by atoms with Gasteiger partial charge in [0.25, 0.3) is 0 Å². The normalized spacial score (nSPS) is 15.1. The first-order chi connectivity index (χ1) is 17.8. The van der Waals surface area contributed by atoms with Crippen molar-refractivity contribution in [2.24, 2.45) is 0 Å². The number of piperidine rings is 1. The third-order valence-electron chi connectivity index (χ3n) is 6.29. The fourth-order valence-corrected chi connectivity index (χ4v) is 6.63. The first-order valence-corrected chi connectivity index (χ1v) is 14.1. The van der Waals surface area contributed by atoms with Gasteiger partial charge in [0.1, 0.15) is 5.82 Å². The highest BCUT2D eigenvalue weighted by Crippen LogP contribution is 2.31. The summed E-state index contributed by atoms with van der Waals surface area (Å²) < 4.78 is 35.4. The molecule has 0 aliphatic carbocycles. The highest BCUT2D eigenvalue weighted by Gasteiger charge is 2.32. The molecule has 1 saturated heterocycles. The fraction of sp³-hybridized carbons (Fsp3) is 0.240. The number of methoxy groups -OCH3 is 1. The highest BCUT2D eigenvalue weighted by molar-refractivity contribution is 9.10. The third-order valence-corrected chi connectivity index (χ3v) is 9.14. The Bertz CT molecular complexity index is 1590. The van der Waals surface area contributed by atoms with Gasteiger partial charge in [-0.25, -0.2) is 18.2 Å². The number of anilines is 1. The lowest BCUT2D eigenvalue weighted by Gasteiger charge is -2.32. The van der Waals surface area contributed by atoms with Crippen molar-refractivity contribution in [2.75, 3.05) is 25.5 Å². The lowest BCUT2D eigenvalue weighted by molar-refractivity contribution is 0.0596. The molecule has 12 heteroatoms. The molecular weight excluding hydrogens is 582 g/mol. The van der Waals surface area contributed by atoms with E-state index in [1.54, 1.807) is 22.8 Å². The van der Waals surface area contributed by atoms with Crippen LogP contribution in [0.4, 0.5) is 5.82 Å². The van der Waals surface area contributed by atoms with Crippen LogP contribution in [0, 0.1) is 0 Å². The van der Waals surface area contributed by atoms with Crippen molar-refractivity contribution >= 4 is 55.0 Å².